The molecule has 1 atom stereocenters. The standard InChI is InChI=1S/C12H15NO4/c1-6-9-8(17-13-6)5-12(3,4)11(10(9)15)16-7(2)14/h11H,5H2,1-4H3. The zero-order valence-corrected chi connectivity index (χ0v) is 10.4. The van der Waals surface area contributed by atoms with Gasteiger partial charge in [0.05, 0.1) is 11.3 Å². The molecule has 0 amide bonds. The SMILES string of the molecule is CC(=O)OC1C(=O)c2c(C)noc2CC1(C)C. The predicted molar refractivity (Wildman–Crippen MR) is 58.6 cm³/mol. The topological polar surface area (TPSA) is 69.4 Å². The van der Waals surface area contributed by atoms with Crippen LogP contribution in [0.15, 0.2) is 4.52 Å². The number of hydrogen-bond donors (Lipinski definition) is 0. The zero-order valence-electron chi connectivity index (χ0n) is 10.4. The molecular formula is C12H15NO4. The van der Waals surface area contributed by atoms with Crippen LogP contribution in [-0.4, -0.2) is 23.0 Å². The highest BCUT2D eigenvalue weighted by Gasteiger charge is 2.46. The molecule has 2 rings (SSSR count). The fourth-order valence-corrected chi connectivity index (χ4v) is 2.22. The van der Waals surface area contributed by atoms with Gasteiger partial charge in [-0.15, -0.1) is 0 Å². The molecule has 0 radical (unpaired) electrons. The van der Waals surface area contributed by atoms with Crippen LogP contribution in [-0.2, 0) is 16.0 Å². The number of Topliss-reactive ketones (excluding diaryl/α,β-unsaturated/α-hetero) is 1. The van der Waals surface area contributed by atoms with Gasteiger partial charge in [0.2, 0.25) is 5.78 Å². The van der Waals surface area contributed by atoms with Crippen molar-refractivity contribution in [2.24, 2.45) is 5.41 Å². The first-order valence-corrected chi connectivity index (χ1v) is 5.49. The van der Waals surface area contributed by atoms with Crippen molar-refractivity contribution in [1.29, 1.82) is 0 Å². The number of aryl methyl sites for hydroxylation is 1. The maximum atomic E-state index is 12.3. The molecule has 0 spiro atoms. The maximum absolute atomic E-state index is 12.3. The highest BCUT2D eigenvalue weighted by molar-refractivity contribution is 6.03. The Morgan fingerprint density at radius 3 is 2.76 bits per heavy atom. The maximum Gasteiger partial charge on any atom is 0.303 e. The molecule has 0 bridgehead atoms. The van der Waals surface area contributed by atoms with Gasteiger partial charge in [-0.3, -0.25) is 9.59 Å². The number of fused-ring (bicyclic) bond motifs is 1. The summed E-state index contributed by atoms with van der Waals surface area (Å²) in [6.07, 6.45) is -0.224. The molecule has 5 heteroatoms. The monoisotopic (exact) mass is 237 g/mol. The van der Waals surface area contributed by atoms with E-state index in [1.807, 2.05) is 13.8 Å². The van der Waals surface area contributed by atoms with Crippen molar-refractivity contribution in [2.45, 2.75) is 40.2 Å². The lowest BCUT2D eigenvalue weighted by molar-refractivity contribution is -0.149. The van der Waals surface area contributed by atoms with Gasteiger partial charge >= 0.3 is 5.97 Å². The number of carbonyl (C=O) groups excluding carboxylic acids is 2. The normalized spacial score (nSPS) is 22.1. The summed E-state index contributed by atoms with van der Waals surface area (Å²) >= 11 is 0. The van der Waals surface area contributed by atoms with Gasteiger partial charge in [0.15, 0.2) is 6.10 Å². The number of ketones is 1. The van der Waals surface area contributed by atoms with Crippen LogP contribution in [0.2, 0.25) is 0 Å². The van der Waals surface area contributed by atoms with Crippen molar-refractivity contribution >= 4 is 11.8 Å². The third-order valence-electron chi connectivity index (χ3n) is 3.03. The van der Waals surface area contributed by atoms with Crippen molar-refractivity contribution in [3.05, 3.63) is 17.0 Å². The Hall–Kier alpha value is -1.65. The molecule has 1 aromatic rings. The van der Waals surface area contributed by atoms with Gasteiger partial charge < -0.3 is 9.26 Å². The van der Waals surface area contributed by atoms with Crippen LogP contribution in [0.3, 0.4) is 0 Å². The summed E-state index contributed by atoms with van der Waals surface area (Å²) in [5, 5.41) is 3.79. The number of carbonyl (C=O) groups is 2. The molecule has 0 aliphatic heterocycles. The molecule has 1 aliphatic carbocycles. The van der Waals surface area contributed by atoms with Crippen LogP contribution in [0.4, 0.5) is 0 Å². The molecule has 1 aliphatic rings. The Morgan fingerprint density at radius 2 is 2.18 bits per heavy atom. The summed E-state index contributed by atoms with van der Waals surface area (Å²) in [7, 11) is 0. The van der Waals surface area contributed by atoms with Crippen LogP contribution in [0, 0.1) is 12.3 Å². The fourth-order valence-electron chi connectivity index (χ4n) is 2.22. The molecule has 0 saturated heterocycles. The van der Waals surface area contributed by atoms with E-state index in [2.05, 4.69) is 5.16 Å². The first-order chi connectivity index (χ1) is 7.83. The molecule has 1 heterocycles. The number of hydrogen-bond acceptors (Lipinski definition) is 5. The van der Waals surface area contributed by atoms with Crippen molar-refractivity contribution in [3.63, 3.8) is 0 Å². The average molecular weight is 237 g/mol. The van der Waals surface area contributed by atoms with Crippen molar-refractivity contribution in [2.75, 3.05) is 0 Å². The lowest BCUT2D eigenvalue weighted by Crippen LogP contribution is -2.45. The van der Waals surface area contributed by atoms with Crippen LogP contribution in [0.5, 0.6) is 0 Å². The Bertz CT molecular complexity index is 487. The van der Waals surface area contributed by atoms with Gasteiger partial charge in [0, 0.05) is 18.8 Å². The Labute approximate surface area is 99.1 Å². The third kappa shape index (κ3) is 1.85. The van der Waals surface area contributed by atoms with E-state index >= 15 is 0 Å². The Morgan fingerprint density at radius 1 is 1.53 bits per heavy atom. The number of aromatic nitrogens is 1. The van der Waals surface area contributed by atoms with Crippen molar-refractivity contribution < 1.29 is 18.8 Å². The second-order valence-corrected chi connectivity index (χ2v) is 5.09. The summed E-state index contributed by atoms with van der Waals surface area (Å²) in [4.78, 5) is 23.3. The van der Waals surface area contributed by atoms with Gasteiger partial charge in [-0.2, -0.15) is 0 Å². The van der Waals surface area contributed by atoms with E-state index in [1.165, 1.54) is 6.92 Å². The second-order valence-electron chi connectivity index (χ2n) is 5.09. The summed E-state index contributed by atoms with van der Waals surface area (Å²) in [6.45, 7) is 6.77. The summed E-state index contributed by atoms with van der Waals surface area (Å²) in [6, 6.07) is 0. The van der Waals surface area contributed by atoms with Gasteiger partial charge in [-0.1, -0.05) is 19.0 Å². The van der Waals surface area contributed by atoms with Crippen LogP contribution >= 0.6 is 0 Å². The summed E-state index contributed by atoms with van der Waals surface area (Å²) in [5.74, 6) is -0.0833. The molecule has 0 saturated carbocycles. The molecule has 92 valence electrons. The molecule has 17 heavy (non-hydrogen) atoms. The Kier molecular flexibility index (Phi) is 2.56. The smallest absolute Gasteiger partial charge is 0.303 e. The van der Waals surface area contributed by atoms with Crippen LogP contribution in [0.25, 0.3) is 0 Å². The highest BCUT2D eigenvalue weighted by Crippen LogP contribution is 2.38. The lowest BCUT2D eigenvalue weighted by Gasteiger charge is -2.35. The first-order valence-electron chi connectivity index (χ1n) is 5.49. The molecule has 5 nitrogen and oxygen atoms in total. The number of rotatable bonds is 1. The van der Waals surface area contributed by atoms with E-state index in [9.17, 15) is 9.59 Å². The minimum Gasteiger partial charge on any atom is -0.454 e. The van der Waals surface area contributed by atoms with Crippen molar-refractivity contribution in [1.82, 2.24) is 5.16 Å². The minimum atomic E-state index is -0.759. The molecule has 0 fully saturated rings. The molecule has 1 aromatic heterocycles. The molecule has 1 unspecified atom stereocenters. The molecule has 0 N–H and O–H groups in total. The minimum absolute atomic E-state index is 0.217. The zero-order chi connectivity index (χ0) is 12.8. The third-order valence-corrected chi connectivity index (χ3v) is 3.03. The van der Waals surface area contributed by atoms with E-state index in [4.69, 9.17) is 9.26 Å². The lowest BCUT2D eigenvalue weighted by atomic mass is 9.73. The predicted octanol–water partition coefficient (Wildman–Crippen LogP) is 1.68. The van der Waals surface area contributed by atoms with E-state index in [1.54, 1.807) is 6.92 Å². The van der Waals surface area contributed by atoms with Gasteiger partial charge in [-0.25, -0.2) is 0 Å². The summed E-state index contributed by atoms with van der Waals surface area (Å²) in [5.41, 5.74) is 0.551. The first kappa shape index (κ1) is 11.8. The number of nitrogens with zero attached hydrogens (tertiary/aromatic N) is 1. The fraction of sp³-hybridized carbons (Fsp3) is 0.583. The summed E-state index contributed by atoms with van der Waals surface area (Å²) < 4.78 is 10.3. The van der Waals surface area contributed by atoms with Gasteiger partial charge in [-0.05, 0) is 6.92 Å². The molecule has 0 aromatic carbocycles. The van der Waals surface area contributed by atoms with Crippen LogP contribution in [0.1, 0.15) is 42.6 Å². The second kappa shape index (κ2) is 3.68. The Balaban J connectivity index is 2.45. The average Bonchev–Trinajstić information content (AvgIpc) is 2.53. The van der Waals surface area contributed by atoms with Gasteiger partial charge in [0.25, 0.3) is 0 Å². The van der Waals surface area contributed by atoms with E-state index < -0.39 is 17.5 Å². The highest BCUT2D eigenvalue weighted by atomic mass is 16.5. The number of esters is 1. The molecular weight excluding hydrogens is 222 g/mol. The van der Waals surface area contributed by atoms with Gasteiger partial charge in [0.1, 0.15) is 5.76 Å². The number of ether oxygens (including phenoxy) is 1. The van der Waals surface area contributed by atoms with E-state index in [-0.39, 0.29) is 5.78 Å². The van der Waals surface area contributed by atoms with Crippen LogP contribution < -0.4 is 0 Å². The van der Waals surface area contributed by atoms with E-state index in [0.717, 1.165) is 0 Å². The largest absolute Gasteiger partial charge is 0.454 e. The van der Waals surface area contributed by atoms with Crippen molar-refractivity contribution in [3.8, 4) is 0 Å². The quantitative estimate of drug-likeness (QED) is 0.695. The van der Waals surface area contributed by atoms with E-state index in [0.29, 0.717) is 23.4 Å².